The third kappa shape index (κ3) is 3.13. The van der Waals surface area contributed by atoms with E-state index < -0.39 is 0 Å². The van der Waals surface area contributed by atoms with Crippen LogP contribution in [0, 0.1) is 0 Å². The van der Waals surface area contributed by atoms with Crippen LogP contribution in [0.2, 0.25) is 0 Å². The van der Waals surface area contributed by atoms with Crippen LogP contribution in [0.4, 0.5) is 0 Å². The van der Waals surface area contributed by atoms with Gasteiger partial charge in [0.05, 0.1) is 6.20 Å². The Labute approximate surface area is 125 Å². The van der Waals surface area contributed by atoms with Crippen molar-refractivity contribution >= 4 is 5.78 Å². The lowest BCUT2D eigenvalue weighted by Crippen LogP contribution is -2.02. The molecule has 0 bridgehead atoms. The van der Waals surface area contributed by atoms with Crippen LogP contribution >= 0.6 is 0 Å². The number of ether oxygens (including phenoxy) is 1. The SMILES string of the molecule is CCC(=O)c1ccc(Oc2ccc3c(c2)CCCC3)cn1. The van der Waals surface area contributed by atoms with Gasteiger partial charge in [0.25, 0.3) is 0 Å². The lowest BCUT2D eigenvalue weighted by molar-refractivity contribution is 0.0983. The lowest BCUT2D eigenvalue weighted by atomic mass is 9.92. The molecule has 0 atom stereocenters. The molecule has 3 heteroatoms. The molecule has 0 N–H and O–H groups in total. The molecular formula is C18H19NO2. The number of ketones is 1. The standard InChI is InChI=1S/C18H19NO2/c1-2-18(20)17-10-9-16(12-19-17)21-15-8-7-13-5-3-4-6-14(13)11-15/h7-12H,2-6H2,1H3. The highest BCUT2D eigenvalue weighted by atomic mass is 16.5. The fourth-order valence-electron chi connectivity index (χ4n) is 2.70. The Morgan fingerprint density at radius 1 is 1.10 bits per heavy atom. The van der Waals surface area contributed by atoms with Crippen molar-refractivity contribution in [1.82, 2.24) is 4.98 Å². The van der Waals surface area contributed by atoms with E-state index in [9.17, 15) is 4.79 Å². The van der Waals surface area contributed by atoms with E-state index in [1.807, 2.05) is 13.0 Å². The normalized spacial score (nSPS) is 13.6. The van der Waals surface area contributed by atoms with Crippen molar-refractivity contribution in [2.45, 2.75) is 39.0 Å². The van der Waals surface area contributed by atoms with Crippen LogP contribution in [0.3, 0.4) is 0 Å². The largest absolute Gasteiger partial charge is 0.456 e. The molecule has 0 spiro atoms. The zero-order valence-corrected chi connectivity index (χ0v) is 12.3. The number of Topliss-reactive ketones (excluding diaryl/α,β-unsaturated/α-hetero) is 1. The number of carbonyl (C=O) groups excluding carboxylic acids is 1. The molecule has 2 aromatic rings. The van der Waals surface area contributed by atoms with E-state index in [1.165, 1.54) is 30.4 Å². The van der Waals surface area contributed by atoms with E-state index in [0.29, 0.717) is 17.9 Å². The Bertz CT molecular complexity index is 647. The van der Waals surface area contributed by atoms with Crippen LogP contribution in [-0.2, 0) is 12.8 Å². The monoisotopic (exact) mass is 281 g/mol. The summed E-state index contributed by atoms with van der Waals surface area (Å²) in [6.45, 7) is 1.83. The molecule has 1 aromatic heterocycles. The van der Waals surface area contributed by atoms with Crippen molar-refractivity contribution in [3.63, 3.8) is 0 Å². The first-order valence-electron chi connectivity index (χ1n) is 7.55. The summed E-state index contributed by atoms with van der Waals surface area (Å²) in [5, 5.41) is 0. The molecule has 1 aliphatic carbocycles. The second-order valence-corrected chi connectivity index (χ2v) is 5.40. The third-order valence-corrected chi connectivity index (χ3v) is 3.90. The second-order valence-electron chi connectivity index (χ2n) is 5.40. The first kappa shape index (κ1) is 13.8. The van der Waals surface area contributed by atoms with Crippen molar-refractivity contribution in [1.29, 1.82) is 0 Å². The Balaban J connectivity index is 1.75. The highest BCUT2D eigenvalue weighted by molar-refractivity contribution is 5.93. The Morgan fingerprint density at radius 2 is 1.86 bits per heavy atom. The van der Waals surface area contributed by atoms with Crippen molar-refractivity contribution in [2.24, 2.45) is 0 Å². The molecule has 0 radical (unpaired) electrons. The topological polar surface area (TPSA) is 39.2 Å². The number of pyridine rings is 1. The maximum Gasteiger partial charge on any atom is 0.180 e. The number of hydrogen-bond acceptors (Lipinski definition) is 3. The molecule has 0 fully saturated rings. The smallest absolute Gasteiger partial charge is 0.180 e. The van der Waals surface area contributed by atoms with Crippen LogP contribution in [-0.4, -0.2) is 10.8 Å². The van der Waals surface area contributed by atoms with Gasteiger partial charge in [-0.1, -0.05) is 13.0 Å². The quantitative estimate of drug-likeness (QED) is 0.782. The molecule has 108 valence electrons. The van der Waals surface area contributed by atoms with Crippen molar-refractivity contribution in [3.05, 3.63) is 53.3 Å². The summed E-state index contributed by atoms with van der Waals surface area (Å²) >= 11 is 0. The summed E-state index contributed by atoms with van der Waals surface area (Å²) in [7, 11) is 0. The summed E-state index contributed by atoms with van der Waals surface area (Å²) in [6, 6.07) is 9.82. The van der Waals surface area contributed by atoms with Gasteiger partial charge in [-0.15, -0.1) is 0 Å². The Hall–Kier alpha value is -2.16. The highest BCUT2D eigenvalue weighted by Gasteiger charge is 2.10. The number of nitrogens with zero attached hydrogens (tertiary/aromatic N) is 1. The summed E-state index contributed by atoms with van der Waals surface area (Å²) in [5.41, 5.74) is 3.33. The van der Waals surface area contributed by atoms with Gasteiger partial charge in [0, 0.05) is 6.42 Å². The lowest BCUT2D eigenvalue weighted by Gasteiger charge is -2.16. The third-order valence-electron chi connectivity index (χ3n) is 3.90. The minimum Gasteiger partial charge on any atom is -0.456 e. The zero-order valence-electron chi connectivity index (χ0n) is 12.3. The van der Waals surface area contributed by atoms with Gasteiger partial charge in [0.1, 0.15) is 17.2 Å². The van der Waals surface area contributed by atoms with Gasteiger partial charge in [-0.05, 0) is 61.1 Å². The first-order chi connectivity index (χ1) is 10.3. The molecule has 0 amide bonds. The van der Waals surface area contributed by atoms with E-state index in [4.69, 9.17) is 4.74 Å². The molecule has 0 unspecified atom stereocenters. The number of carbonyl (C=O) groups is 1. The molecule has 1 heterocycles. The Morgan fingerprint density at radius 3 is 2.57 bits per heavy atom. The van der Waals surface area contributed by atoms with E-state index in [1.54, 1.807) is 18.3 Å². The predicted molar refractivity (Wildman–Crippen MR) is 82.0 cm³/mol. The number of rotatable bonds is 4. The molecule has 0 saturated heterocycles. The van der Waals surface area contributed by atoms with Crippen molar-refractivity contribution in [3.8, 4) is 11.5 Å². The van der Waals surface area contributed by atoms with Gasteiger partial charge in [0.2, 0.25) is 0 Å². The van der Waals surface area contributed by atoms with E-state index in [-0.39, 0.29) is 5.78 Å². The number of hydrogen-bond donors (Lipinski definition) is 0. The average molecular weight is 281 g/mol. The number of aryl methyl sites for hydroxylation is 2. The number of benzene rings is 1. The van der Waals surface area contributed by atoms with Gasteiger partial charge in [-0.2, -0.15) is 0 Å². The fourth-order valence-corrected chi connectivity index (χ4v) is 2.70. The van der Waals surface area contributed by atoms with Gasteiger partial charge in [-0.3, -0.25) is 4.79 Å². The Kier molecular flexibility index (Phi) is 4.00. The average Bonchev–Trinajstić information content (AvgIpc) is 2.55. The van der Waals surface area contributed by atoms with E-state index in [2.05, 4.69) is 17.1 Å². The minimum absolute atomic E-state index is 0.0512. The number of fused-ring (bicyclic) bond motifs is 1. The molecule has 21 heavy (non-hydrogen) atoms. The van der Waals surface area contributed by atoms with Crippen LogP contribution in [0.1, 0.15) is 47.8 Å². The zero-order chi connectivity index (χ0) is 14.7. The second kappa shape index (κ2) is 6.08. The number of aromatic nitrogens is 1. The van der Waals surface area contributed by atoms with Crippen LogP contribution in [0.5, 0.6) is 11.5 Å². The van der Waals surface area contributed by atoms with Gasteiger partial charge >= 0.3 is 0 Å². The van der Waals surface area contributed by atoms with E-state index >= 15 is 0 Å². The summed E-state index contributed by atoms with van der Waals surface area (Å²) in [4.78, 5) is 15.7. The summed E-state index contributed by atoms with van der Waals surface area (Å²) in [5.74, 6) is 1.56. The molecule has 3 rings (SSSR count). The first-order valence-corrected chi connectivity index (χ1v) is 7.55. The summed E-state index contributed by atoms with van der Waals surface area (Å²) < 4.78 is 5.84. The van der Waals surface area contributed by atoms with Crippen LogP contribution in [0.15, 0.2) is 36.5 Å². The molecule has 1 aliphatic rings. The fraction of sp³-hybridized carbons (Fsp3) is 0.333. The summed E-state index contributed by atoms with van der Waals surface area (Å²) in [6.07, 6.45) is 6.93. The minimum atomic E-state index is 0.0512. The van der Waals surface area contributed by atoms with Crippen molar-refractivity contribution in [2.75, 3.05) is 0 Å². The van der Waals surface area contributed by atoms with Crippen molar-refractivity contribution < 1.29 is 9.53 Å². The maximum absolute atomic E-state index is 11.5. The van der Waals surface area contributed by atoms with E-state index in [0.717, 1.165) is 12.2 Å². The highest BCUT2D eigenvalue weighted by Crippen LogP contribution is 2.28. The molecule has 0 saturated carbocycles. The van der Waals surface area contributed by atoms with Gasteiger partial charge in [0.15, 0.2) is 5.78 Å². The van der Waals surface area contributed by atoms with Crippen LogP contribution < -0.4 is 4.74 Å². The van der Waals surface area contributed by atoms with Gasteiger partial charge < -0.3 is 4.74 Å². The maximum atomic E-state index is 11.5. The van der Waals surface area contributed by atoms with Gasteiger partial charge in [-0.25, -0.2) is 4.98 Å². The van der Waals surface area contributed by atoms with Crippen LogP contribution in [0.25, 0.3) is 0 Å². The molecule has 3 nitrogen and oxygen atoms in total. The molecule has 0 aliphatic heterocycles. The molecular weight excluding hydrogens is 262 g/mol. The molecule has 1 aromatic carbocycles. The predicted octanol–water partition coefficient (Wildman–Crippen LogP) is 4.35.